The highest BCUT2D eigenvalue weighted by Gasteiger charge is 2.31. The molecule has 0 spiro atoms. The van der Waals surface area contributed by atoms with Crippen molar-refractivity contribution in [2.75, 3.05) is 114 Å². The van der Waals surface area contributed by atoms with Gasteiger partial charge in [-0.1, -0.05) is 72.8 Å². The number of hydrogen-bond acceptors (Lipinski definition) is 16. The molecule has 22 heteroatoms. The molecule has 0 saturated carbocycles. The molecule has 3 fully saturated rings. The van der Waals surface area contributed by atoms with E-state index in [4.69, 9.17) is 24.4 Å². The van der Waals surface area contributed by atoms with Crippen molar-refractivity contribution in [2.45, 2.75) is 89.6 Å². The van der Waals surface area contributed by atoms with Crippen LogP contribution in [0.5, 0.6) is 0 Å². The lowest BCUT2D eigenvalue weighted by Crippen LogP contribution is -2.39. The summed E-state index contributed by atoms with van der Waals surface area (Å²) in [5.41, 5.74) is 6.30. The fraction of sp³-hybridized carbons (Fsp3) is 0.467. The number of anilines is 4. The fourth-order valence-corrected chi connectivity index (χ4v) is 11.1. The number of ether oxygens (including phenoxy) is 2. The minimum atomic E-state index is -2.80. The van der Waals surface area contributed by atoms with E-state index in [-0.39, 0.29) is 11.9 Å². The first-order chi connectivity index (χ1) is 39.5. The Bertz CT molecular complexity index is 3430. The Morgan fingerprint density at radius 1 is 0.549 bits per heavy atom. The Balaban J connectivity index is 0.000000184. The number of likely N-dealkylation sites (tertiary alicyclic amines) is 1. The average Bonchev–Trinajstić information content (AvgIpc) is 4.18. The molecule has 18 nitrogen and oxygen atoms in total. The summed E-state index contributed by atoms with van der Waals surface area (Å²) in [5, 5.41) is 7.02. The van der Waals surface area contributed by atoms with Gasteiger partial charge in [-0.15, -0.1) is 0 Å². The zero-order valence-corrected chi connectivity index (χ0v) is 47.9. The van der Waals surface area contributed by atoms with Crippen LogP contribution in [0.1, 0.15) is 93.2 Å². The molecular formula is C60H74F4N16O2. The standard InChI is InChI=1S/C30H36F2N8O.C30H38F2N8O/c1-30(2,18-20-8-4-5-9-22(20)21-12-13-38(3)19-21)37-27-34-28(39-14-16-41-17-15-39)36-29(35-27)40-24-11-7-6-10-23(24)33-26(40)25(31)32;1-30(2,20-22-11-6-5-10-21(22)12-9-15-38(3)4)37-27-34-28(39-16-18-41-19-17-39)36-29(35-27)40-24-14-8-7-13-23(24)33-26(40)25(31)32/h4-11,21,25H,12-19H2,1-3H3,(H,34,35,36,37);5-8,10-11,13-14,25H,9,12,15-20H2,1-4H3,(H,34,35,36,37). The number of halogens is 4. The number of nitrogens with one attached hydrogen (secondary N) is 2. The van der Waals surface area contributed by atoms with E-state index in [9.17, 15) is 17.6 Å². The Labute approximate surface area is 476 Å². The molecular weight excluding hydrogens is 1050 g/mol. The molecule has 4 aromatic carbocycles. The number of fused-ring (bicyclic) bond motifs is 2. The monoisotopic (exact) mass is 1130 g/mol. The Hall–Kier alpha value is -7.40. The van der Waals surface area contributed by atoms with Gasteiger partial charge in [0.25, 0.3) is 12.9 Å². The normalized spacial score (nSPS) is 16.4. The van der Waals surface area contributed by atoms with E-state index in [0.29, 0.717) is 104 Å². The van der Waals surface area contributed by atoms with Crippen LogP contribution in [0.25, 0.3) is 34.0 Å². The minimum absolute atomic E-state index is 0.105. The van der Waals surface area contributed by atoms with Gasteiger partial charge < -0.3 is 39.7 Å². The van der Waals surface area contributed by atoms with Gasteiger partial charge in [0, 0.05) is 43.8 Å². The fourth-order valence-electron chi connectivity index (χ4n) is 11.1. The number of rotatable bonds is 19. The van der Waals surface area contributed by atoms with Crippen molar-refractivity contribution in [1.82, 2.24) is 58.8 Å². The molecule has 82 heavy (non-hydrogen) atoms. The van der Waals surface area contributed by atoms with Crippen LogP contribution in [0.3, 0.4) is 0 Å². The molecule has 0 amide bonds. The van der Waals surface area contributed by atoms with Crippen molar-refractivity contribution in [3.63, 3.8) is 0 Å². The van der Waals surface area contributed by atoms with Gasteiger partial charge in [-0.2, -0.15) is 29.9 Å². The minimum Gasteiger partial charge on any atom is -0.378 e. The van der Waals surface area contributed by atoms with Gasteiger partial charge in [-0.3, -0.25) is 9.13 Å². The van der Waals surface area contributed by atoms with Crippen molar-refractivity contribution < 1.29 is 27.0 Å². The molecule has 1 atom stereocenters. The summed E-state index contributed by atoms with van der Waals surface area (Å²) in [6.45, 7) is 16.1. The number of benzene rings is 4. The smallest absolute Gasteiger partial charge is 0.296 e. The molecule has 4 aromatic heterocycles. The highest BCUT2D eigenvalue weighted by Crippen LogP contribution is 2.34. The number of likely N-dealkylation sites (N-methyl/N-ethyl adjacent to an activating group) is 1. The second-order valence-electron chi connectivity index (χ2n) is 22.9. The molecule has 8 aromatic rings. The van der Waals surface area contributed by atoms with Crippen molar-refractivity contribution in [2.24, 2.45) is 0 Å². The zero-order chi connectivity index (χ0) is 57.5. The van der Waals surface area contributed by atoms with E-state index in [0.717, 1.165) is 51.7 Å². The number of aromatic nitrogens is 10. The van der Waals surface area contributed by atoms with E-state index >= 15 is 0 Å². The van der Waals surface area contributed by atoms with Gasteiger partial charge in [0.05, 0.1) is 48.5 Å². The second-order valence-corrected chi connectivity index (χ2v) is 22.9. The summed E-state index contributed by atoms with van der Waals surface area (Å²) in [7, 11) is 6.34. The van der Waals surface area contributed by atoms with Crippen LogP contribution in [0.2, 0.25) is 0 Å². The van der Waals surface area contributed by atoms with Crippen molar-refractivity contribution in [1.29, 1.82) is 0 Å². The Morgan fingerprint density at radius 2 is 0.988 bits per heavy atom. The number of aryl methyl sites for hydroxylation is 1. The van der Waals surface area contributed by atoms with E-state index in [1.165, 1.54) is 31.4 Å². The predicted octanol–water partition coefficient (Wildman–Crippen LogP) is 9.75. The number of alkyl halides is 4. The number of imidazole rings is 2. The van der Waals surface area contributed by atoms with Gasteiger partial charge in [0.2, 0.25) is 35.7 Å². The Morgan fingerprint density at radius 3 is 1.46 bits per heavy atom. The summed E-state index contributed by atoms with van der Waals surface area (Å²) >= 11 is 0. The van der Waals surface area contributed by atoms with Gasteiger partial charge in [-0.05, 0) is 146 Å². The van der Waals surface area contributed by atoms with Crippen molar-refractivity contribution >= 4 is 45.9 Å². The third kappa shape index (κ3) is 13.9. The largest absolute Gasteiger partial charge is 0.378 e. The first kappa shape index (κ1) is 57.8. The maximum Gasteiger partial charge on any atom is 0.296 e. The van der Waals surface area contributed by atoms with Gasteiger partial charge in [-0.25, -0.2) is 27.5 Å². The molecule has 3 aliphatic heterocycles. The number of morpholine rings is 2. The maximum absolute atomic E-state index is 14.2. The van der Waals surface area contributed by atoms with E-state index in [1.807, 2.05) is 9.80 Å². The Kier molecular flexibility index (Phi) is 17.9. The van der Waals surface area contributed by atoms with Crippen LogP contribution in [-0.4, -0.2) is 163 Å². The molecule has 11 rings (SSSR count). The van der Waals surface area contributed by atoms with Crippen LogP contribution < -0.4 is 20.4 Å². The first-order valence-corrected chi connectivity index (χ1v) is 28.2. The number of nitrogens with zero attached hydrogens (tertiary/aromatic N) is 14. The van der Waals surface area contributed by atoms with Crippen LogP contribution in [0, 0.1) is 0 Å². The van der Waals surface area contributed by atoms with Crippen molar-refractivity contribution in [3.8, 4) is 11.9 Å². The van der Waals surface area contributed by atoms with Gasteiger partial charge in [0.1, 0.15) is 0 Å². The number of para-hydroxylation sites is 4. The second kappa shape index (κ2) is 25.4. The summed E-state index contributed by atoms with van der Waals surface area (Å²) in [6, 6.07) is 31.2. The highest BCUT2D eigenvalue weighted by atomic mass is 19.3. The molecule has 1 unspecified atom stereocenters. The zero-order valence-electron chi connectivity index (χ0n) is 47.9. The third-order valence-corrected chi connectivity index (χ3v) is 15.0. The topological polar surface area (TPSA) is 168 Å². The highest BCUT2D eigenvalue weighted by molar-refractivity contribution is 5.78. The molecule has 0 bridgehead atoms. The lowest BCUT2D eigenvalue weighted by molar-refractivity contribution is 0.122. The predicted molar refractivity (Wildman–Crippen MR) is 312 cm³/mol. The number of hydrogen-bond donors (Lipinski definition) is 2. The quantitative estimate of drug-likeness (QED) is 0.0734. The summed E-state index contributed by atoms with van der Waals surface area (Å²) in [6.07, 6.45) is -0.919. The van der Waals surface area contributed by atoms with Crippen LogP contribution >= 0.6 is 0 Å². The third-order valence-electron chi connectivity index (χ3n) is 15.0. The van der Waals surface area contributed by atoms with Crippen LogP contribution in [-0.2, 0) is 28.7 Å². The summed E-state index contributed by atoms with van der Waals surface area (Å²) in [5.74, 6) is 1.41. The van der Waals surface area contributed by atoms with Gasteiger partial charge in [0.15, 0.2) is 11.6 Å². The van der Waals surface area contributed by atoms with E-state index in [1.54, 1.807) is 48.5 Å². The molecule has 3 aliphatic rings. The summed E-state index contributed by atoms with van der Waals surface area (Å²) < 4.78 is 70.5. The molecule has 2 N–H and O–H groups in total. The lowest BCUT2D eigenvalue weighted by atomic mass is 9.86. The first-order valence-electron chi connectivity index (χ1n) is 28.2. The summed E-state index contributed by atoms with van der Waals surface area (Å²) in [4.78, 5) is 45.2. The van der Waals surface area contributed by atoms with Crippen molar-refractivity contribution in [3.05, 3.63) is 131 Å². The van der Waals surface area contributed by atoms with E-state index in [2.05, 4.69) is 143 Å². The van der Waals surface area contributed by atoms with Gasteiger partial charge >= 0.3 is 0 Å². The van der Waals surface area contributed by atoms with Crippen LogP contribution in [0.4, 0.5) is 41.4 Å². The molecule has 7 heterocycles. The molecule has 0 radical (unpaired) electrons. The average molecular weight is 1130 g/mol. The lowest BCUT2D eigenvalue weighted by Gasteiger charge is -2.30. The SMILES string of the molecule is CN(C)CCCc1ccccc1CC(C)(C)Nc1nc(N2CCOCC2)nc(-n2c(C(F)F)nc3ccccc32)n1.CN1CCC(c2ccccc2CC(C)(C)Nc2nc(N3CCOCC3)nc(-n3c(C(F)F)nc4ccccc43)n2)C1. The van der Waals surface area contributed by atoms with Crippen LogP contribution in [0.15, 0.2) is 97.1 Å². The molecule has 3 saturated heterocycles. The molecule has 0 aliphatic carbocycles. The molecule has 434 valence electrons. The van der Waals surface area contributed by atoms with E-state index < -0.39 is 35.6 Å². The maximum atomic E-state index is 14.2.